The second kappa shape index (κ2) is 20.6. The first-order chi connectivity index (χ1) is 27.8. The molecule has 0 atom stereocenters. The number of benzene rings is 8. The quantitative estimate of drug-likeness (QED) is 0.0524. The van der Waals surface area contributed by atoms with Gasteiger partial charge in [0.1, 0.15) is 39.7 Å². The van der Waals surface area contributed by atoms with Gasteiger partial charge in [0.15, 0.2) is 0 Å². The topological polar surface area (TPSA) is 242 Å². The van der Waals surface area contributed by atoms with Gasteiger partial charge in [0.05, 0.1) is 0 Å². The molecule has 0 amide bonds. The Morgan fingerprint density at radius 3 is 0.967 bits per heavy atom. The fourth-order valence-electron chi connectivity index (χ4n) is 6.99. The maximum atomic E-state index is 11.7. The molecule has 0 aromatic heterocycles. The number of aromatic carboxylic acids is 3. The number of carboxylic acid groups (broad SMARTS) is 3. The number of fused-ring (bicyclic) bond motifs is 4. The van der Waals surface area contributed by atoms with Crippen molar-refractivity contribution < 1.29 is 116 Å². The number of phenolic OH excluding ortho intramolecular Hbond substituents is 1. The standard InChI is InChI=1S/C22H14O6.C22H16O4.CH2O3.2K/c23-19-15(21(25)26)9-11-5-1-3-7-13(11)17(19)18-14-8-4-2-6-12(14)10-16(20(18)24)22(27)28;1-12-10-13-6-2-4-8-15(13)18(20(12)23)19-16-9-5-3-7-14(16)11-17(21(19)24)22(25)26;2-1-4-3;;/h1-10,23-24H,(H,25,26)(H,27,28);2-11,23-24H,1H3,(H,25,26);1,3H;;/q;;;;+1/p-1. The van der Waals surface area contributed by atoms with Crippen molar-refractivity contribution in [3.8, 4) is 45.3 Å². The smallest absolute Gasteiger partial charge is 0.662 e. The minimum absolute atomic E-state index is 0. The van der Waals surface area contributed by atoms with E-state index in [9.17, 15) is 50.1 Å². The maximum Gasteiger partial charge on any atom is 1.00 e. The van der Waals surface area contributed by atoms with Crippen LogP contribution in [0.25, 0.3) is 65.3 Å². The first-order valence-electron chi connectivity index (χ1n) is 17.2. The molecule has 15 heteroatoms. The van der Waals surface area contributed by atoms with Gasteiger partial charge in [0, 0.05) is 73.6 Å². The van der Waals surface area contributed by atoms with E-state index >= 15 is 0 Å². The summed E-state index contributed by atoms with van der Waals surface area (Å²) in [5.41, 5.74) is 0.720. The second-order valence-electron chi connectivity index (χ2n) is 12.9. The Balaban J connectivity index is 0.000000236. The Hall–Kier alpha value is -4.89. The molecule has 0 saturated carbocycles. The van der Waals surface area contributed by atoms with Gasteiger partial charge in [-0.2, -0.15) is 0 Å². The predicted molar refractivity (Wildman–Crippen MR) is 219 cm³/mol. The summed E-state index contributed by atoms with van der Waals surface area (Å²) >= 11 is 0. The van der Waals surface area contributed by atoms with Crippen molar-refractivity contribution in [3.63, 3.8) is 0 Å². The van der Waals surface area contributed by atoms with Crippen LogP contribution in [0.1, 0.15) is 36.6 Å². The van der Waals surface area contributed by atoms with Crippen molar-refractivity contribution in [3.05, 3.63) is 144 Å². The van der Waals surface area contributed by atoms with Crippen molar-refractivity contribution >= 4 is 119 Å². The first kappa shape index (κ1) is 47.8. The van der Waals surface area contributed by atoms with Gasteiger partial charge in [0.2, 0.25) is 0 Å². The van der Waals surface area contributed by atoms with E-state index in [0.717, 1.165) is 10.8 Å². The Labute approximate surface area is 425 Å². The molecule has 0 heterocycles. The van der Waals surface area contributed by atoms with Crippen LogP contribution in [0.4, 0.5) is 0 Å². The van der Waals surface area contributed by atoms with Crippen molar-refractivity contribution in [2.24, 2.45) is 0 Å². The average molecular weight is 858 g/mol. The molecule has 60 heavy (non-hydrogen) atoms. The van der Waals surface area contributed by atoms with Gasteiger partial charge in [-0.05, 0) is 79.8 Å². The van der Waals surface area contributed by atoms with E-state index in [0.29, 0.717) is 49.0 Å². The van der Waals surface area contributed by atoms with Crippen LogP contribution < -0.4 is 56.6 Å². The van der Waals surface area contributed by atoms with Gasteiger partial charge in [-0.3, -0.25) is 4.79 Å². The number of aromatic hydroxyl groups is 4. The maximum absolute atomic E-state index is 11.7. The number of hydrogen-bond acceptors (Lipinski definition) is 10. The van der Waals surface area contributed by atoms with E-state index in [4.69, 9.17) is 10.1 Å². The normalized spacial score (nSPS) is 10.3. The molecule has 0 aliphatic rings. The summed E-state index contributed by atoms with van der Waals surface area (Å²) in [4.78, 5) is 46.2. The van der Waals surface area contributed by atoms with Gasteiger partial charge in [-0.15, -0.1) is 0 Å². The molecule has 0 bridgehead atoms. The molecular weight excluding hydrogens is 827 g/mol. The van der Waals surface area contributed by atoms with Crippen molar-refractivity contribution in [1.29, 1.82) is 0 Å². The summed E-state index contributed by atoms with van der Waals surface area (Å²) in [6.07, 6.45) is 0. The van der Waals surface area contributed by atoms with E-state index in [1.807, 2.05) is 48.5 Å². The van der Waals surface area contributed by atoms with Crippen LogP contribution in [0.15, 0.2) is 121 Å². The molecule has 13 nitrogen and oxygen atoms in total. The first-order valence-corrected chi connectivity index (χ1v) is 17.2. The van der Waals surface area contributed by atoms with Gasteiger partial charge in [0.25, 0.3) is 6.47 Å². The van der Waals surface area contributed by atoms with Gasteiger partial charge < -0.3 is 45.9 Å². The molecule has 0 saturated heterocycles. The minimum atomic E-state index is -1.33. The van der Waals surface area contributed by atoms with E-state index in [-0.39, 0.29) is 149 Å². The van der Waals surface area contributed by atoms with Crippen molar-refractivity contribution in [2.75, 3.05) is 0 Å². The van der Waals surface area contributed by atoms with Crippen molar-refractivity contribution in [2.45, 2.75) is 6.92 Å². The number of carboxylic acids is 3. The summed E-state index contributed by atoms with van der Waals surface area (Å²) in [6, 6.07) is 34.4. The number of carbonyl (C=O) groups is 4. The van der Waals surface area contributed by atoms with Gasteiger partial charge in [-0.25, -0.2) is 14.4 Å². The Morgan fingerprint density at radius 1 is 0.483 bits per heavy atom. The number of aryl methyl sites for hydroxylation is 1. The predicted octanol–water partition coefficient (Wildman–Crippen LogP) is 4.60. The van der Waals surface area contributed by atoms with E-state index in [2.05, 4.69) is 4.89 Å². The van der Waals surface area contributed by atoms with Crippen LogP contribution >= 0.6 is 0 Å². The molecule has 0 aliphatic heterocycles. The Bertz CT molecular complexity index is 2860. The van der Waals surface area contributed by atoms with Crippen LogP contribution in [0.2, 0.25) is 0 Å². The summed E-state index contributed by atoms with van der Waals surface area (Å²) in [7, 11) is 0. The summed E-state index contributed by atoms with van der Waals surface area (Å²) < 4.78 is 0. The van der Waals surface area contributed by atoms with E-state index < -0.39 is 29.4 Å². The molecule has 0 aliphatic carbocycles. The second-order valence-corrected chi connectivity index (χ2v) is 12.9. The number of rotatable bonds is 6. The van der Waals surface area contributed by atoms with Crippen molar-refractivity contribution in [1.82, 2.24) is 0 Å². The molecule has 0 unspecified atom stereocenters. The Morgan fingerprint density at radius 2 is 0.717 bits per heavy atom. The van der Waals surface area contributed by atoms with Crippen LogP contribution in [0.3, 0.4) is 0 Å². The summed E-state index contributed by atoms with van der Waals surface area (Å²) in [5, 5.41) is 85.2. The zero-order chi connectivity index (χ0) is 41.8. The third-order valence-corrected chi connectivity index (χ3v) is 9.51. The van der Waals surface area contributed by atoms with E-state index in [1.54, 1.807) is 61.5 Å². The molecular formula is C45H31K2O13. The number of phenols is 4. The monoisotopic (exact) mass is 857 g/mol. The molecule has 291 valence electrons. The summed E-state index contributed by atoms with van der Waals surface area (Å²) in [5.74, 6) is -5.26. The van der Waals surface area contributed by atoms with Crippen LogP contribution in [0, 0.1) is 6.92 Å². The zero-order valence-corrected chi connectivity index (χ0v) is 38.5. The minimum Gasteiger partial charge on any atom is -0.662 e. The van der Waals surface area contributed by atoms with Crippen LogP contribution in [0.5, 0.6) is 23.0 Å². The molecule has 8 aromatic rings. The fraction of sp³-hybridized carbons (Fsp3) is 0.0222. The zero-order valence-electron chi connectivity index (χ0n) is 32.2. The molecule has 7 N–H and O–H groups in total. The van der Waals surface area contributed by atoms with E-state index in [1.165, 1.54) is 18.2 Å². The van der Waals surface area contributed by atoms with Crippen LogP contribution in [-0.2, 0) is 9.68 Å². The average Bonchev–Trinajstić information content (AvgIpc) is 3.21. The van der Waals surface area contributed by atoms with Gasteiger partial charge >= 0.3 is 69.3 Å². The van der Waals surface area contributed by atoms with Gasteiger partial charge in [-0.1, -0.05) is 97.1 Å². The summed E-state index contributed by atoms with van der Waals surface area (Å²) in [6.45, 7) is 1.60. The number of carbonyl (C=O) groups excluding carboxylic acids is 1. The number of hydrogen-bond donors (Lipinski definition) is 7. The molecule has 1 radical (unpaired) electrons. The molecule has 8 rings (SSSR count). The SMILES string of the molecule is Cc1cc2ccccc2c(-c2c(O)c(C(=O)O)cc3ccccc23)c1O.O=C(O)c1cc2ccccc2c(-c2c(O)c(C(=O)O)cc3ccccc23)c1O.O=CO[O-].[K+].[K]. The Kier molecular flexibility index (Phi) is 16.4. The molecule has 0 spiro atoms. The van der Waals surface area contributed by atoms with Crippen LogP contribution in [-0.4, -0.2) is 112 Å². The molecule has 0 fully saturated rings. The third kappa shape index (κ3) is 9.36. The fourth-order valence-corrected chi connectivity index (χ4v) is 6.99. The third-order valence-electron chi connectivity index (χ3n) is 9.51. The molecule has 8 aromatic carbocycles. The largest absolute Gasteiger partial charge is 1.00 e.